The molecular weight excluding hydrogens is 531 g/mol. The van der Waals surface area contributed by atoms with Crippen LogP contribution in [0.3, 0.4) is 0 Å². The Kier molecular flexibility index (Phi) is 8.72. The quantitative estimate of drug-likeness (QED) is 0.216. The van der Waals surface area contributed by atoms with Gasteiger partial charge >= 0.3 is 0 Å². The van der Waals surface area contributed by atoms with Crippen molar-refractivity contribution in [1.29, 1.82) is 0 Å². The largest absolute Gasteiger partial charge is 0.318 e. The minimum atomic E-state index is -3.17. The number of fused-ring (bicyclic) bond motifs is 5. The normalized spacial score (nSPS) is 35.2. The van der Waals surface area contributed by atoms with Gasteiger partial charge in [0.25, 0.3) is 7.37 Å². The van der Waals surface area contributed by atoms with E-state index in [0.717, 1.165) is 65.4 Å². The van der Waals surface area contributed by atoms with E-state index in [1.54, 1.807) is 5.57 Å². The Morgan fingerprint density at radius 3 is 2.14 bits per heavy atom. The number of hydrogen-bond acceptors (Lipinski definition) is 2. The standard InChI is InChI=1S/C39H55O2P/c1-28(2)13-12-14-29(3)35-21-22-36-34-20-19-30-27-31(23-25-38(30,4)37(34)24-26-39(35,36)5)41-42(40,32-15-8-6-9-16-32)33-17-10-7-11-18-33/h6-11,15-19,28-29,31,34-37H,12-14,20-27H2,1-5H3/t29-,31-,34+,35-,36+,37+,38-,39-/m0/s1. The van der Waals surface area contributed by atoms with Crippen LogP contribution in [-0.2, 0) is 9.09 Å². The van der Waals surface area contributed by atoms with Gasteiger partial charge in [-0.25, -0.2) is 0 Å². The molecule has 0 heterocycles. The molecular formula is C39H55O2P. The van der Waals surface area contributed by atoms with Gasteiger partial charge < -0.3 is 4.52 Å². The zero-order valence-corrected chi connectivity index (χ0v) is 27.8. The third-order valence-electron chi connectivity index (χ3n) is 12.7. The van der Waals surface area contributed by atoms with E-state index in [9.17, 15) is 4.57 Å². The van der Waals surface area contributed by atoms with Crippen LogP contribution in [0, 0.1) is 46.3 Å². The molecule has 0 N–H and O–H groups in total. The molecule has 6 rings (SSSR count). The summed E-state index contributed by atoms with van der Waals surface area (Å²) in [6.45, 7) is 12.6. The molecule has 0 unspecified atom stereocenters. The average molecular weight is 587 g/mol. The molecule has 3 heteroatoms. The lowest BCUT2D eigenvalue weighted by Crippen LogP contribution is -2.51. The fourth-order valence-electron chi connectivity index (χ4n) is 10.5. The summed E-state index contributed by atoms with van der Waals surface area (Å²) >= 11 is 0. The van der Waals surface area contributed by atoms with Crippen LogP contribution in [0.15, 0.2) is 72.3 Å². The summed E-state index contributed by atoms with van der Waals surface area (Å²) in [4.78, 5) is 0. The first-order valence-electron chi connectivity index (χ1n) is 17.2. The minimum absolute atomic E-state index is 0.00327. The Hall–Kier alpha value is -1.63. The van der Waals surface area contributed by atoms with Crippen LogP contribution in [0.25, 0.3) is 0 Å². The maximum atomic E-state index is 14.7. The summed E-state index contributed by atoms with van der Waals surface area (Å²) < 4.78 is 21.4. The Bertz CT molecular complexity index is 1240. The van der Waals surface area contributed by atoms with E-state index in [0.29, 0.717) is 5.41 Å². The highest BCUT2D eigenvalue weighted by atomic mass is 31.2. The number of rotatable bonds is 9. The minimum Gasteiger partial charge on any atom is -0.318 e. The van der Waals surface area contributed by atoms with Gasteiger partial charge in [0.2, 0.25) is 0 Å². The van der Waals surface area contributed by atoms with Crippen molar-refractivity contribution in [3.63, 3.8) is 0 Å². The number of benzene rings is 2. The maximum absolute atomic E-state index is 14.7. The van der Waals surface area contributed by atoms with Crippen molar-refractivity contribution in [2.75, 3.05) is 0 Å². The van der Waals surface area contributed by atoms with Crippen LogP contribution in [0.1, 0.15) is 105 Å². The van der Waals surface area contributed by atoms with Gasteiger partial charge in [0.1, 0.15) is 0 Å². The average Bonchev–Trinajstić information content (AvgIpc) is 3.35. The summed E-state index contributed by atoms with van der Waals surface area (Å²) in [5.41, 5.74) is 2.40. The van der Waals surface area contributed by atoms with Gasteiger partial charge in [-0.15, -0.1) is 0 Å². The lowest BCUT2D eigenvalue weighted by molar-refractivity contribution is -0.0556. The number of allylic oxidation sites excluding steroid dienone is 1. The first-order valence-corrected chi connectivity index (χ1v) is 18.9. The zero-order chi connectivity index (χ0) is 29.5. The van der Waals surface area contributed by atoms with Crippen LogP contribution in [-0.4, -0.2) is 6.10 Å². The molecule has 0 saturated heterocycles. The van der Waals surface area contributed by atoms with Crippen molar-refractivity contribution in [2.24, 2.45) is 46.3 Å². The molecule has 0 amide bonds. The lowest BCUT2D eigenvalue weighted by Gasteiger charge is -2.58. The van der Waals surface area contributed by atoms with Crippen molar-refractivity contribution in [3.05, 3.63) is 72.3 Å². The van der Waals surface area contributed by atoms with Crippen LogP contribution < -0.4 is 10.6 Å². The second kappa shape index (κ2) is 12.0. The molecule has 2 aromatic rings. The molecule has 0 spiro atoms. The smallest absolute Gasteiger partial charge is 0.261 e. The van der Waals surface area contributed by atoms with E-state index in [1.807, 2.05) is 60.7 Å². The topological polar surface area (TPSA) is 26.3 Å². The van der Waals surface area contributed by atoms with Crippen molar-refractivity contribution >= 4 is 18.0 Å². The van der Waals surface area contributed by atoms with Crippen LogP contribution in [0.5, 0.6) is 0 Å². The van der Waals surface area contributed by atoms with Gasteiger partial charge in [0, 0.05) is 10.6 Å². The molecule has 4 aliphatic carbocycles. The van der Waals surface area contributed by atoms with Crippen molar-refractivity contribution in [3.8, 4) is 0 Å². The first kappa shape index (κ1) is 30.4. The summed E-state index contributed by atoms with van der Waals surface area (Å²) in [5.74, 6) is 5.10. The van der Waals surface area contributed by atoms with Gasteiger partial charge in [-0.3, -0.25) is 4.57 Å². The van der Waals surface area contributed by atoms with E-state index in [4.69, 9.17) is 4.52 Å². The molecule has 2 nitrogen and oxygen atoms in total. The summed E-state index contributed by atoms with van der Waals surface area (Å²) in [7, 11) is -3.17. The third kappa shape index (κ3) is 5.43. The molecule has 0 bridgehead atoms. The molecule has 0 radical (unpaired) electrons. The highest BCUT2D eigenvalue weighted by molar-refractivity contribution is 7.74. The Labute approximate surface area is 256 Å². The molecule has 4 aliphatic rings. The highest BCUT2D eigenvalue weighted by Crippen LogP contribution is 2.67. The van der Waals surface area contributed by atoms with Crippen LogP contribution in [0.4, 0.5) is 0 Å². The van der Waals surface area contributed by atoms with E-state index in [2.05, 4.69) is 40.7 Å². The Morgan fingerprint density at radius 1 is 0.833 bits per heavy atom. The van der Waals surface area contributed by atoms with Gasteiger partial charge in [0.05, 0.1) is 6.10 Å². The van der Waals surface area contributed by atoms with Crippen molar-refractivity contribution in [2.45, 2.75) is 111 Å². The molecule has 3 saturated carbocycles. The Balaban J connectivity index is 1.18. The van der Waals surface area contributed by atoms with E-state index in [-0.39, 0.29) is 11.5 Å². The summed E-state index contributed by atoms with van der Waals surface area (Å²) in [6.07, 6.45) is 16.9. The van der Waals surface area contributed by atoms with E-state index < -0.39 is 7.37 Å². The molecule has 0 aliphatic heterocycles. The van der Waals surface area contributed by atoms with Crippen molar-refractivity contribution in [1.82, 2.24) is 0 Å². The lowest BCUT2D eigenvalue weighted by atomic mass is 9.47. The zero-order valence-electron chi connectivity index (χ0n) is 26.9. The molecule has 2 aromatic carbocycles. The first-order chi connectivity index (χ1) is 20.1. The van der Waals surface area contributed by atoms with Gasteiger partial charge in [-0.05, 0) is 122 Å². The van der Waals surface area contributed by atoms with Crippen LogP contribution >= 0.6 is 7.37 Å². The maximum Gasteiger partial charge on any atom is 0.261 e. The summed E-state index contributed by atoms with van der Waals surface area (Å²) in [5, 5.41) is 1.62. The second-order valence-corrected chi connectivity index (χ2v) is 17.8. The number of hydrogen-bond donors (Lipinski definition) is 0. The Morgan fingerprint density at radius 2 is 1.50 bits per heavy atom. The van der Waals surface area contributed by atoms with Gasteiger partial charge in [-0.2, -0.15) is 0 Å². The molecule has 228 valence electrons. The van der Waals surface area contributed by atoms with Crippen LogP contribution in [0.2, 0.25) is 0 Å². The van der Waals surface area contributed by atoms with E-state index in [1.165, 1.54) is 51.4 Å². The van der Waals surface area contributed by atoms with Gasteiger partial charge in [0.15, 0.2) is 0 Å². The monoisotopic (exact) mass is 586 g/mol. The molecule has 0 aromatic heterocycles. The fraction of sp³-hybridized carbons (Fsp3) is 0.641. The molecule has 3 fully saturated rings. The molecule has 8 atom stereocenters. The van der Waals surface area contributed by atoms with E-state index >= 15 is 0 Å². The van der Waals surface area contributed by atoms with Gasteiger partial charge in [-0.1, -0.05) is 102 Å². The third-order valence-corrected chi connectivity index (χ3v) is 15.3. The SMILES string of the molecule is CC(C)CCC[C@H](C)[C@@H]1CC[C@@H]2[C@H]3CC=C4C[C@@H](OP(=O)(c5ccccc5)c5ccccc5)CC[C@]4(C)[C@@H]3CC[C@]21C. The fourth-order valence-corrected chi connectivity index (χ4v) is 12.7. The predicted octanol–water partition coefficient (Wildman–Crippen LogP) is 10.3. The second-order valence-electron chi connectivity index (χ2n) is 15.5. The highest BCUT2D eigenvalue weighted by Gasteiger charge is 2.59. The summed E-state index contributed by atoms with van der Waals surface area (Å²) in [6, 6.07) is 19.8. The van der Waals surface area contributed by atoms with Crippen molar-refractivity contribution < 1.29 is 9.09 Å². The molecule has 42 heavy (non-hydrogen) atoms. The predicted molar refractivity (Wildman–Crippen MR) is 178 cm³/mol.